The van der Waals surface area contributed by atoms with Crippen LogP contribution in [0.15, 0.2) is 35.5 Å². The summed E-state index contributed by atoms with van der Waals surface area (Å²) in [6, 6.07) is 4.86. The maximum Gasteiger partial charge on any atom is 0.417 e. The molecule has 0 radical (unpaired) electrons. The standard InChI is InChI=1S/C24H23F6N5O2S/c1-22(2,24(28,29)30)34-38(36,37)16-8-9-19(32-13-16)20-18(11-31)17-10-14(23(25,26)27)12-33-21(17)35(20)15-6-4-3-5-7-15/h8-10,12-13,15,34H,3-7H2,1-2H3. The van der Waals surface area contributed by atoms with Gasteiger partial charge in [-0.3, -0.25) is 4.98 Å². The highest BCUT2D eigenvalue weighted by molar-refractivity contribution is 7.89. The third kappa shape index (κ3) is 5.09. The van der Waals surface area contributed by atoms with Crippen LogP contribution in [-0.4, -0.2) is 34.7 Å². The molecule has 4 rings (SSSR count). The Bertz CT molecular complexity index is 1500. The van der Waals surface area contributed by atoms with Gasteiger partial charge in [0.15, 0.2) is 0 Å². The molecule has 0 unspecified atom stereocenters. The van der Waals surface area contributed by atoms with Gasteiger partial charge in [0.25, 0.3) is 0 Å². The first kappa shape index (κ1) is 27.8. The highest BCUT2D eigenvalue weighted by atomic mass is 32.2. The van der Waals surface area contributed by atoms with Crippen molar-refractivity contribution in [2.75, 3.05) is 0 Å². The average molecular weight is 560 g/mol. The first-order valence-corrected chi connectivity index (χ1v) is 13.1. The molecule has 7 nitrogen and oxygen atoms in total. The van der Waals surface area contributed by atoms with E-state index in [1.54, 1.807) is 9.29 Å². The highest BCUT2D eigenvalue weighted by Gasteiger charge is 2.50. The maximum absolute atomic E-state index is 13.4. The van der Waals surface area contributed by atoms with Crippen LogP contribution in [0, 0.1) is 11.3 Å². The fraction of sp³-hybridized carbons (Fsp3) is 0.458. The molecule has 1 saturated carbocycles. The lowest BCUT2D eigenvalue weighted by Gasteiger charge is -2.28. The molecule has 0 spiro atoms. The predicted octanol–water partition coefficient (Wildman–Crippen LogP) is 6.11. The number of halogens is 6. The number of pyridine rings is 2. The molecule has 0 amide bonds. The van der Waals surface area contributed by atoms with Gasteiger partial charge in [-0.25, -0.2) is 13.4 Å². The van der Waals surface area contributed by atoms with Crippen molar-refractivity contribution < 1.29 is 34.8 Å². The lowest BCUT2D eigenvalue weighted by atomic mass is 9.95. The van der Waals surface area contributed by atoms with Gasteiger partial charge < -0.3 is 4.57 Å². The van der Waals surface area contributed by atoms with E-state index in [1.165, 1.54) is 6.07 Å². The van der Waals surface area contributed by atoms with E-state index in [0.717, 1.165) is 37.6 Å². The molecule has 0 saturated heterocycles. The van der Waals surface area contributed by atoms with Crippen LogP contribution in [0.2, 0.25) is 0 Å². The Labute approximate surface area is 214 Å². The third-order valence-corrected chi connectivity index (χ3v) is 8.25. The molecular weight excluding hydrogens is 536 g/mol. The minimum Gasteiger partial charge on any atom is -0.320 e. The number of hydrogen-bond acceptors (Lipinski definition) is 5. The smallest absolute Gasteiger partial charge is 0.320 e. The Morgan fingerprint density at radius 2 is 1.68 bits per heavy atom. The van der Waals surface area contributed by atoms with Gasteiger partial charge in [-0.1, -0.05) is 19.3 Å². The van der Waals surface area contributed by atoms with E-state index in [-0.39, 0.29) is 34.0 Å². The summed E-state index contributed by atoms with van der Waals surface area (Å²) in [6.07, 6.45) is -3.93. The van der Waals surface area contributed by atoms with Gasteiger partial charge >= 0.3 is 12.4 Å². The molecule has 204 valence electrons. The molecule has 0 bridgehead atoms. The normalized spacial score (nSPS) is 16.1. The molecule has 1 aliphatic carbocycles. The summed E-state index contributed by atoms with van der Waals surface area (Å²) >= 11 is 0. The quantitative estimate of drug-likeness (QED) is 0.380. The van der Waals surface area contributed by atoms with Crippen molar-refractivity contribution in [1.82, 2.24) is 19.3 Å². The molecule has 3 aromatic rings. The van der Waals surface area contributed by atoms with Crippen LogP contribution in [-0.2, 0) is 16.2 Å². The second-order valence-corrected chi connectivity index (χ2v) is 11.4. The molecule has 1 fully saturated rings. The second-order valence-electron chi connectivity index (χ2n) is 9.70. The Morgan fingerprint density at radius 1 is 1.03 bits per heavy atom. The van der Waals surface area contributed by atoms with E-state index >= 15 is 0 Å². The molecule has 0 atom stereocenters. The number of nitrogens with zero attached hydrogens (tertiary/aromatic N) is 4. The molecule has 14 heteroatoms. The Morgan fingerprint density at radius 3 is 2.21 bits per heavy atom. The van der Waals surface area contributed by atoms with E-state index in [1.807, 2.05) is 6.07 Å². The van der Waals surface area contributed by atoms with Crippen molar-refractivity contribution in [2.24, 2.45) is 0 Å². The van der Waals surface area contributed by atoms with Crippen molar-refractivity contribution in [3.63, 3.8) is 0 Å². The Hall–Kier alpha value is -3.18. The molecule has 0 aromatic carbocycles. The summed E-state index contributed by atoms with van der Waals surface area (Å²) in [6.45, 7) is 1.35. The number of nitriles is 1. The molecule has 1 aliphatic rings. The Kier molecular flexibility index (Phi) is 6.98. The largest absolute Gasteiger partial charge is 0.417 e. The molecular formula is C24H23F6N5O2S. The number of nitrogens with one attached hydrogen (secondary N) is 1. The number of fused-ring (bicyclic) bond motifs is 1. The minimum atomic E-state index is -4.86. The number of rotatable bonds is 5. The van der Waals surface area contributed by atoms with Crippen LogP contribution in [0.1, 0.15) is 63.1 Å². The van der Waals surface area contributed by atoms with E-state index in [2.05, 4.69) is 9.97 Å². The number of hydrogen-bond donors (Lipinski definition) is 1. The van der Waals surface area contributed by atoms with Crippen molar-refractivity contribution in [3.8, 4) is 17.5 Å². The van der Waals surface area contributed by atoms with Crippen LogP contribution in [0.5, 0.6) is 0 Å². The van der Waals surface area contributed by atoms with Gasteiger partial charge in [0.1, 0.15) is 22.2 Å². The van der Waals surface area contributed by atoms with Gasteiger partial charge in [0.05, 0.1) is 22.5 Å². The van der Waals surface area contributed by atoms with Crippen LogP contribution >= 0.6 is 0 Å². The summed E-state index contributed by atoms with van der Waals surface area (Å²) in [5.41, 5.74) is -3.47. The van der Waals surface area contributed by atoms with Crippen molar-refractivity contribution >= 4 is 21.1 Å². The van der Waals surface area contributed by atoms with E-state index in [0.29, 0.717) is 32.9 Å². The zero-order valence-electron chi connectivity index (χ0n) is 20.3. The summed E-state index contributed by atoms with van der Waals surface area (Å²) in [7, 11) is -4.63. The van der Waals surface area contributed by atoms with Crippen molar-refractivity contribution in [3.05, 3.63) is 41.7 Å². The fourth-order valence-electron chi connectivity index (χ4n) is 4.53. The van der Waals surface area contributed by atoms with E-state index < -0.39 is 38.4 Å². The van der Waals surface area contributed by atoms with Crippen LogP contribution in [0.25, 0.3) is 22.4 Å². The topological polar surface area (TPSA) is 101 Å². The Balaban J connectivity index is 1.86. The number of aromatic nitrogens is 3. The maximum atomic E-state index is 13.4. The SMILES string of the molecule is CC(C)(NS(=O)(=O)c1ccc(-c2c(C#N)c3cc(C(F)(F)F)cnc3n2C2CCCCC2)nc1)C(F)(F)F. The van der Waals surface area contributed by atoms with Crippen LogP contribution < -0.4 is 4.72 Å². The van der Waals surface area contributed by atoms with Gasteiger partial charge in [-0.15, -0.1) is 0 Å². The summed E-state index contributed by atoms with van der Waals surface area (Å²) in [5.74, 6) is 0. The highest BCUT2D eigenvalue weighted by Crippen LogP contribution is 2.41. The van der Waals surface area contributed by atoms with Gasteiger partial charge in [-0.05, 0) is 44.9 Å². The first-order chi connectivity index (χ1) is 17.6. The van der Waals surface area contributed by atoms with Gasteiger partial charge in [0.2, 0.25) is 10.0 Å². The van der Waals surface area contributed by atoms with Gasteiger partial charge in [-0.2, -0.15) is 36.3 Å². The molecule has 0 aliphatic heterocycles. The minimum absolute atomic E-state index is 0.0185. The molecule has 3 heterocycles. The van der Waals surface area contributed by atoms with Crippen LogP contribution in [0.3, 0.4) is 0 Å². The summed E-state index contributed by atoms with van der Waals surface area (Å²) < 4.78 is 108. The summed E-state index contributed by atoms with van der Waals surface area (Å²) in [5, 5.41) is 9.94. The fourth-order valence-corrected chi connectivity index (χ4v) is 5.88. The van der Waals surface area contributed by atoms with Gasteiger partial charge in [0, 0.05) is 23.8 Å². The van der Waals surface area contributed by atoms with Crippen molar-refractivity contribution in [2.45, 2.75) is 74.8 Å². The zero-order chi connectivity index (χ0) is 28.1. The lowest BCUT2D eigenvalue weighted by molar-refractivity contribution is -0.180. The second kappa shape index (κ2) is 9.53. The lowest BCUT2D eigenvalue weighted by Crippen LogP contribution is -2.54. The number of alkyl halides is 6. The first-order valence-electron chi connectivity index (χ1n) is 11.6. The van der Waals surface area contributed by atoms with Crippen LogP contribution in [0.4, 0.5) is 26.3 Å². The molecule has 1 N–H and O–H groups in total. The zero-order valence-corrected chi connectivity index (χ0v) is 21.1. The summed E-state index contributed by atoms with van der Waals surface area (Å²) in [4.78, 5) is 7.62. The van der Waals surface area contributed by atoms with Crippen molar-refractivity contribution in [1.29, 1.82) is 5.26 Å². The third-order valence-electron chi connectivity index (χ3n) is 6.61. The van der Waals surface area contributed by atoms with E-state index in [9.17, 15) is 40.0 Å². The van der Waals surface area contributed by atoms with E-state index in [4.69, 9.17) is 0 Å². The monoisotopic (exact) mass is 559 g/mol. The molecule has 38 heavy (non-hydrogen) atoms. The predicted molar refractivity (Wildman–Crippen MR) is 125 cm³/mol. The number of sulfonamides is 1. The average Bonchev–Trinajstić information content (AvgIpc) is 3.16. The molecule has 3 aromatic heterocycles.